The van der Waals surface area contributed by atoms with E-state index in [9.17, 15) is 5.11 Å². The number of methoxy groups -OCH3 is 1. The number of aliphatic hydroxyl groups is 1. The normalized spacial score (nSPS) is 13.3. The Kier molecular flexibility index (Phi) is 7.22. The lowest BCUT2D eigenvalue weighted by Crippen LogP contribution is -2.29. The van der Waals surface area contributed by atoms with Crippen molar-refractivity contribution in [1.29, 1.82) is 0 Å². The summed E-state index contributed by atoms with van der Waals surface area (Å²) in [4.78, 5) is 4.42. The van der Waals surface area contributed by atoms with Crippen LogP contribution in [0.25, 0.3) is 0 Å². The molecule has 1 heterocycles. The second kappa shape index (κ2) is 9.39. The van der Waals surface area contributed by atoms with Gasteiger partial charge in [0.2, 0.25) is 0 Å². The molecule has 0 saturated carbocycles. The summed E-state index contributed by atoms with van der Waals surface area (Å²) >= 11 is 0. The van der Waals surface area contributed by atoms with E-state index in [4.69, 9.17) is 4.74 Å². The molecular weight excluding hydrogens is 314 g/mol. The Morgan fingerprint density at radius 3 is 2.48 bits per heavy atom. The summed E-state index contributed by atoms with van der Waals surface area (Å²) in [6.07, 6.45) is 1.10. The Hall–Kier alpha value is -2.11. The quantitative estimate of drug-likeness (QED) is 0.653. The molecule has 0 amide bonds. The first-order chi connectivity index (χ1) is 12.0. The minimum atomic E-state index is -0.501. The van der Waals surface area contributed by atoms with Gasteiger partial charge in [0.1, 0.15) is 11.6 Å². The minimum Gasteiger partial charge on any atom is -0.497 e. The summed E-state index contributed by atoms with van der Waals surface area (Å²) < 4.78 is 5.18. The van der Waals surface area contributed by atoms with Crippen LogP contribution in [-0.2, 0) is 6.42 Å². The van der Waals surface area contributed by atoms with E-state index in [2.05, 4.69) is 34.7 Å². The van der Waals surface area contributed by atoms with Crippen molar-refractivity contribution in [3.05, 3.63) is 53.2 Å². The van der Waals surface area contributed by atoms with Crippen molar-refractivity contribution >= 4 is 5.82 Å². The third-order valence-electron chi connectivity index (χ3n) is 4.35. The molecule has 1 aromatic heterocycles. The highest BCUT2D eigenvalue weighted by atomic mass is 16.5. The molecular formula is C20H29N3O2. The van der Waals surface area contributed by atoms with Crippen molar-refractivity contribution in [3.63, 3.8) is 0 Å². The number of pyridine rings is 1. The van der Waals surface area contributed by atoms with Crippen LogP contribution in [0.2, 0.25) is 0 Å². The Morgan fingerprint density at radius 2 is 1.88 bits per heavy atom. The van der Waals surface area contributed by atoms with Gasteiger partial charge in [0.05, 0.1) is 13.2 Å². The van der Waals surface area contributed by atoms with E-state index >= 15 is 0 Å². The third kappa shape index (κ3) is 5.73. The van der Waals surface area contributed by atoms with Gasteiger partial charge in [-0.3, -0.25) is 0 Å². The predicted molar refractivity (Wildman–Crippen MR) is 102 cm³/mol. The highest BCUT2D eigenvalue weighted by Gasteiger charge is 2.12. The van der Waals surface area contributed by atoms with Gasteiger partial charge in [-0.2, -0.15) is 0 Å². The molecule has 0 spiro atoms. The van der Waals surface area contributed by atoms with E-state index in [-0.39, 0.29) is 0 Å². The molecule has 0 aliphatic heterocycles. The number of benzene rings is 1. The third-order valence-corrected chi connectivity index (χ3v) is 4.35. The van der Waals surface area contributed by atoms with Crippen LogP contribution < -0.4 is 15.4 Å². The Balaban J connectivity index is 1.78. The smallest absolute Gasteiger partial charge is 0.125 e. The molecule has 0 fully saturated rings. The molecule has 2 atom stereocenters. The second-order valence-electron chi connectivity index (χ2n) is 6.33. The van der Waals surface area contributed by atoms with Crippen molar-refractivity contribution in [3.8, 4) is 5.75 Å². The molecule has 3 N–H and O–H groups in total. The van der Waals surface area contributed by atoms with E-state index in [1.807, 2.05) is 38.2 Å². The van der Waals surface area contributed by atoms with Gasteiger partial charge in [0.25, 0.3) is 0 Å². The maximum atomic E-state index is 10.4. The van der Waals surface area contributed by atoms with Gasteiger partial charge < -0.3 is 20.5 Å². The summed E-state index contributed by atoms with van der Waals surface area (Å²) in [6, 6.07) is 12.3. The first-order valence-corrected chi connectivity index (χ1v) is 8.73. The molecule has 1 aromatic carbocycles. The fourth-order valence-electron chi connectivity index (χ4n) is 2.87. The zero-order valence-corrected chi connectivity index (χ0v) is 15.5. The molecule has 136 valence electrons. The first-order valence-electron chi connectivity index (χ1n) is 8.73. The number of anilines is 1. The van der Waals surface area contributed by atoms with E-state index in [0.717, 1.165) is 35.8 Å². The molecule has 5 nitrogen and oxygen atoms in total. The highest BCUT2D eigenvalue weighted by molar-refractivity contribution is 5.38. The van der Waals surface area contributed by atoms with Gasteiger partial charge in [0.15, 0.2) is 0 Å². The predicted octanol–water partition coefficient (Wildman–Crippen LogP) is 3.08. The zero-order chi connectivity index (χ0) is 18.2. The molecule has 2 aromatic rings. The lowest BCUT2D eigenvalue weighted by atomic mass is 10.0. The summed E-state index contributed by atoms with van der Waals surface area (Å²) in [5, 5.41) is 16.9. The largest absolute Gasteiger partial charge is 0.497 e. The van der Waals surface area contributed by atoms with Gasteiger partial charge >= 0.3 is 0 Å². The van der Waals surface area contributed by atoms with Gasteiger partial charge in [-0.15, -0.1) is 0 Å². The molecule has 0 unspecified atom stereocenters. The zero-order valence-electron chi connectivity index (χ0n) is 15.5. The molecule has 2 rings (SSSR count). The topological polar surface area (TPSA) is 66.4 Å². The lowest BCUT2D eigenvalue weighted by Gasteiger charge is -2.17. The van der Waals surface area contributed by atoms with Crippen LogP contribution in [0.3, 0.4) is 0 Å². The highest BCUT2D eigenvalue weighted by Crippen LogP contribution is 2.20. The molecule has 0 aliphatic rings. The van der Waals surface area contributed by atoms with Gasteiger partial charge in [-0.25, -0.2) is 4.98 Å². The number of hydrogen-bond acceptors (Lipinski definition) is 5. The lowest BCUT2D eigenvalue weighted by molar-refractivity contribution is 0.164. The average Bonchev–Trinajstić information content (AvgIpc) is 2.62. The fraction of sp³-hybridized carbons (Fsp3) is 0.450. The number of hydrogen-bond donors (Lipinski definition) is 3. The van der Waals surface area contributed by atoms with E-state index in [1.165, 1.54) is 5.56 Å². The number of aliphatic hydroxyl groups excluding tert-OH is 1. The number of aryl methyl sites for hydroxylation is 1. The average molecular weight is 343 g/mol. The minimum absolute atomic E-state index is 0.339. The van der Waals surface area contributed by atoms with Crippen molar-refractivity contribution in [2.45, 2.75) is 38.8 Å². The van der Waals surface area contributed by atoms with Gasteiger partial charge in [-0.1, -0.05) is 18.2 Å². The van der Waals surface area contributed by atoms with Gasteiger partial charge in [0, 0.05) is 24.3 Å². The summed E-state index contributed by atoms with van der Waals surface area (Å²) in [6.45, 7) is 4.84. The molecule has 0 aliphatic carbocycles. The van der Waals surface area contributed by atoms with Crippen LogP contribution in [0, 0.1) is 6.92 Å². The van der Waals surface area contributed by atoms with Crippen molar-refractivity contribution < 1.29 is 9.84 Å². The van der Waals surface area contributed by atoms with Crippen LogP contribution in [0.1, 0.15) is 36.3 Å². The summed E-state index contributed by atoms with van der Waals surface area (Å²) in [5.74, 6) is 1.69. The number of ether oxygens (including phenoxy) is 1. The maximum absolute atomic E-state index is 10.4. The van der Waals surface area contributed by atoms with Crippen LogP contribution in [0.5, 0.6) is 5.75 Å². The molecule has 0 radical (unpaired) electrons. The number of nitrogens with one attached hydrogen (secondary N) is 2. The maximum Gasteiger partial charge on any atom is 0.125 e. The number of nitrogens with zero attached hydrogens (tertiary/aromatic N) is 1. The molecule has 0 saturated heterocycles. The van der Waals surface area contributed by atoms with Crippen molar-refractivity contribution in [2.75, 3.05) is 26.0 Å². The van der Waals surface area contributed by atoms with Gasteiger partial charge in [-0.05, 0) is 57.0 Å². The number of rotatable bonds is 9. The van der Waals surface area contributed by atoms with E-state index in [1.54, 1.807) is 7.11 Å². The first kappa shape index (κ1) is 19.2. The summed E-state index contributed by atoms with van der Waals surface area (Å²) in [5.41, 5.74) is 3.03. The number of aromatic nitrogens is 1. The Morgan fingerprint density at radius 1 is 1.16 bits per heavy atom. The SMILES string of the molecule is CNc1ccc([C@@H](O)CCN[C@H](C)Cc2ccc(OC)cc2)c(C)n1. The van der Waals surface area contributed by atoms with Crippen LogP contribution in [-0.4, -0.2) is 36.8 Å². The monoisotopic (exact) mass is 343 g/mol. The fourth-order valence-corrected chi connectivity index (χ4v) is 2.87. The van der Waals surface area contributed by atoms with Crippen LogP contribution in [0.4, 0.5) is 5.82 Å². The van der Waals surface area contributed by atoms with Crippen molar-refractivity contribution in [1.82, 2.24) is 10.3 Å². The standard InChI is InChI=1S/C20H29N3O2/c1-14(13-16-5-7-17(25-4)8-6-16)22-12-11-19(24)18-9-10-20(21-3)23-15(18)2/h5-10,14,19,22,24H,11-13H2,1-4H3,(H,21,23)/t14-,19+/m1/s1. The second-order valence-corrected chi connectivity index (χ2v) is 6.33. The van der Waals surface area contributed by atoms with Crippen LogP contribution in [0.15, 0.2) is 36.4 Å². The Bertz CT molecular complexity index is 658. The summed E-state index contributed by atoms with van der Waals surface area (Å²) in [7, 11) is 3.51. The van der Waals surface area contributed by atoms with E-state index in [0.29, 0.717) is 12.5 Å². The van der Waals surface area contributed by atoms with Crippen molar-refractivity contribution in [2.24, 2.45) is 0 Å². The van der Waals surface area contributed by atoms with Crippen LogP contribution >= 0.6 is 0 Å². The molecule has 5 heteroatoms. The Labute approximate surface area is 150 Å². The van der Waals surface area contributed by atoms with E-state index < -0.39 is 6.10 Å². The molecule has 25 heavy (non-hydrogen) atoms. The molecule has 0 bridgehead atoms.